The average Bonchev–Trinajstić information content (AvgIpc) is 2.26. The van der Waals surface area contributed by atoms with Gasteiger partial charge in [-0.1, -0.05) is 18.7 Å². The molecule has 1 rings (SSSR count). The van der Waals surface area contributed by atoms with Crippen molar-refractivity contribution in [3.05, 3.63) is 42.2 Å². The van der Waals surface area contributed by atoms with Crippen molar-refractivity contribution in [1.82, 2.24) is 4.72 Å². The number of para-hydroxylation sites is 1. The topological polar surface area (TPSA) is 72.5 Å². The molecule has 0 atom stereocenters. The lowest BCUT2D eigenvalue weighted by Crippen LogP contribution is -2.40. The van der Waals surface area contributed by atoms with Crippen LogP contribution in [0.1, 0.15) is 17.3 Å². The second-order valence-electron chi connectivity index (χ2n) is 3.68. The lowest BCUT2D eigenvalue weighted by Gasteiger charge is -2.12. The van der Waals surface area contributed by atoms with Crippen molar-refractivity contribution >= 4 is 15.9 Å². The third kappa shape index (κ3) is 3.73. The number of benzene rings is 1. The molecule has 0 spiro atoms. The number of hydrogen-bond acceptors (Lipinski definition) is 4. The summed E-state index contributed by atoms with van der Waals surface area (Å²) in [5.74, 6) is -1.36. The zero-order valence-corrected chi connectivity index (χ0v) is 11.0. The Morgan fingerprint density at radius 2 is 1.85 bits per heavy atom. The summed E-state index contributed by atoms with van der Waals surface area (Å²) in [6.07, 6.45) is 0. The second kappa shape index (κ2) is 5.53. The van der Waals surface area contributed by atoms with Crippen LogP contribution in [-0.4, -0.2) is 19.8 Å². The number of hydrogen-bond donors (Lipinski definition) is 1. The van der Waals surface area contributed by atoms with E-state index in [2.05, 4.69) is 6.58 Å². The van der Waals surface area contributed by atoms with Gasteiger partial charge < -0.3 is 4.74 Å². The van der Waals surface area contributed by atoms with Gasteiger partial charge in [0.1, 0.15) is 5.75 Å². The fourth-order valence-corrected chi connectivity index (χ4v) is 1.64. The maximum absolute atomic E-state index is 12.2. The van der Waals surface area contributed by atoms with Crippen LogP contribution in [0, 0.1) is 0 Å². The predicted octanol–water partition coefficient (Wildman–Crippen LogP) is 2.18. The Morgan fingerprint density at radius 1 is 1.30 bits per heavy atom. The SMILES string of the molecule is C=C(C)Oc1ccccc1C(=O)NS(=O)(=O)C(F)(F)F. The first-order valence-corrected chi connectivity index (χ1v) is 6.58. The number of carbonyl (C=O) groups excluding carboxylic acids is 1. The van der Waals surface area contributed by atoms with Crippen LogP contribution in [0.25, 0.3) is 0 Å². The van der Waals surface area contributed by atoms with Crippen LogP contribution in [0.5, 0.6) is 5.75 Å². The number of nitrogens with one attached hydrogen (secondary N) is 1. The van der Waals surface area contributed by atoms with Gasteiger partial charge in [0.2, 0.25) is 0 Å². The van der Waals surface area contributed by atoms with Gasteiger partial charge in [0.05, 0.1) is 11.3 Å². The number of halogens is 3. The summed E-state index contributed by atoms with van der Waals surface area (Å²) in [6.45, 7) is 4.87. The summed E-state index contributed by atoms with van der Waals surface area (Å²) < 4.78 is 64.2. The Kier molecular flexibility index (Phi) is 4.43. The molecule has 0 aliphatic rings. The summed E-state index contributed by atoms with van der Waals surface area (Å²) in [4.78, 5) is 11.6. The van der Waals surface area contributed by atoms with Crippen molar-refractivity contribution in [2.75, 3.05) is 0 Å². The molecule has 0 aliphatic carbocycles. The number of rotatable bonds is 4. The average molecular weight is 309 g/mol. The molecule has 1 aromatic carbocycles. The van der Waals surface area contributed by atoms with Crippen LogP contribution in [0.2, 0.25) is 0 Å². The van der Waals surface area contributed by atoms with Gasteiger partial charge >= 0.3 is 15.5 Å². The Balaban J connectivity index is 3.08. The molecule has 0 saturated heterocycles. The molecule has 0 heterocycles. The first-order valence-electron chi connectivity index (χ1n) is 5.10. The van der Waals surface area contributed by atoms with Gasteiger partial charge in [0, 0.05) is 0 Å². The lowest BCUT2D eigenvalue weighted by atomic mass is 10.2. The molecule has 1 aromatic rings. The van der Waals surface area contributed by atoms with Gasteiger partial charge in [-0.25, -0.2) is 4.72 Å². The van der Waals surface area contributed by atoms with Crippen LogP contribution in [0.15, 0.2) is 36.6 Å². The normalized spacial score (nSPS) is 11.8. The molecule has 0 bridgehead atoms. The predicted molar refractivity (Wildman–Crippen MR) is 64.3 cm³/mol. The van der Waals surface area contributed by atoms with Gasteiger partial charge in [-0.3, -0.25) is 4.79 Å². The minimum absolute atomic E-state index is 0.102. The Bertz CT molecular complexity index is 637. The quantitative estimate of drug-likeness (QED) is 0.865. The highest BCUT2D eigenvalue weighted by atomic mass is 32.2. The van der Waals surface area contributed by atoms with Crippen molar-refractivity contribution in [2.24, 2.45) is 0 Å². The zero-order valence-electron chi connectivity index (χ0n) is 10.2. The molecule has 0 unspecified atom stereocenters. The molecule has 1 N–H and O–H groups in total. The summed E-state index contributed by atoms with van der Waals surface area (Å²) in [7, 11) is -5.77. The Morgan fingerprint density at radius 3 is 2.35 bits per heavy atom. The van der Waals surface area contributed by atoms with E-state index in [4.69, 9.17) is 4.74 Å². The van der Waals surface area contributed by atoms with E-state index >= 15 is 0 Å². The van der Waals surface area contributed by atoms with Gasteiger partial charge in [0.25, 0.3) is 5.91 Å². The maximum atomic E-state index is 12.2. The summed E-state index contributed by atoms with van der Waals surface area (Å²) in [5.41, 5.74) is -5.93. The molecule has 0 saturated carbocycles. The molecular formula is C11H10F3NO4S. The van der Waals surface area contributed by atoms with Crippen molar-refractivity contribution in [1.29, 1.82) is 0 Å². The van der Waals surface area contributed by atoms with E-state index in [1.807, 2.05) is 0 Å². The van der Waals surface area contributed by atoms with Crippen LogP contribution < -0.4 is 9.46 Å². The highest BCUT2D eigenvalue weighted by Crippen LogP contribution is 2.24. The fourth-order valence-electron chi connectivity index (χ4n) is 1.17. The maximum Gasteiger partial charge on any atom is 0.516 e. The van der Waals surface area contributed by atoms with Crippen LogP contribution in [0.4, 0.5) is 13.2 Å². The van der Waals surface area contributed by atoms with Crippen molar-refractivity contribution in [2.45, 2.75) is 12.4 Å². The summed E-state index contributed by atoms with van der Waals surface area (Å²) >= 11 is 0. The first kappa shape index (κ1) is 16.0. The molecule has 5 nitrogen and oxygen atoms in total. The van der Waals surface area contributed by atoms with Crippen LogP contribution in [-0.2, 0) is 10.0 Å². The molecule has 9 heteroatoms. The molecule has 0 aliphatic heterocycles. The highest BCUT2D eigenvalue weighted by Gasteiger charge is 2.47. The summed E-state index contributed by atoms with van der Waals surface area (Å²) in [6, 6.07) is 5.23. The van der Waals surface area contributed by atoms with Gasteiger partial charge in [-0.15, -0.1) is 0 Å². The Labute approximate surface area is 113 Å². The third-order valence-corrected chi connectivity index (χ3v) is 3.01. The van der Waals surface area contributed by atoms with E-state index in [0.717, 1.165) is 10.8 Å². The van der Waals surface area contributed by atoms with E-state index in [9.17, 15) is 26.4 Å². The molecule has 0 radical (unpaired) electrons. The number of alkyl halides is 3. The minimum Gasteiger partial charge on any atom is -0.462 e. The second-order valence-corrected chi connectivity index (χ2v) is 5.35. The van der Waals surface area contributed by atoms with Crippen molar-refractivity contribution < 1.29 is 31.1 Å². The fraction of sp³-hybridized carbons (Fsp3) is 0.182. The number of sulfonamides is 1. The van der Waals surface area contributed by atoms with E-state index in [1.165, 1.54) is 25.1 Å². The van der Waals surface area contributed by atoms with Crippen LogP contribution in [0.3, 0.4) is 0 Å². The van der Waals surface area contributed by atoms with Crippen molar-refractivity contribution in [3.8, 4) is 5.75 Å². The number of allylic oxidation sites excluding steroid dienone is 1. The first-order chi connectivity index (χ1) is 9.04. The number of ether oxygens (including phenoxy) is 1. The van der Waals surface area contributed by atoms with Gasteiger partial charge in [-0.2, -0.15) is 21.6 Å². The lowest BCUT2D eigenvalue weighted by molar-refractivity contribution is -0.0446. The third-order valence-electron chi connectivity index (χ3n) is 1.95. The monoisotopic (exact) mass is 309 g/mol. The minimum atomic E-state index is -5.77. The van der Waals surface area contributed by atoms with Crippen LogP contribution >= 0.6 is 0 Å². The molecule has 20 heavy (non-hydrogen) atoms. The molecular weight excluding hydrogens is 299 g/mol. The zero-order chi connectivity index (χ0) is 15.6. The van der Waals surface area contributed by atoms with Gasteiger partial charge in [0.15, 0.2) is 0 Å². The number of amides is 1. The molecule has 1 amide bonds. The van der Waals surface area contributed by atoms with E-state index in [1.54, 1.807) is 0 Å². The summed E-state index contributed by atoms with van der Waals surface area (Å²) in [5, 5.41) is 0. The molecule has 0 fully saturated rings. The van der Waals surface area contributed by atoms with E-state index in [0.29, 0.717) is 0 Å². The Hall–Kier alpha value is -2.03. The largest absolute Gasteiger partial charge is 0.516 e. The smallest absolute Gasteiger partial charge is 0.462 e. The van der Waals surface area contributed by atoms with Crippen molar-refractivity contribution in [3.63, 3.8) is 0 Å². The molecule has 0 aromatic heterocycles. The molecule has 110 valence electrons. The number of carbonyl (C=O) groups is 1. The van der Waals surface area contributed by atoms with Gasteiger partial charge in [-0.05, 0) is 19.1 Å². The van der Waals surface area contributed by atoms with E-state index in [-0.39, 0.29) is 17.1 Å². The van der Waals surface area contributed by atoms with E-state index < -0.39 is 21.4 Å². The highest BCUT2D eigenvalue weighted by molar-refractivity contribution is 7.90. The standard InChI is InChI=1S/C11H10F3NO4S/c1-7(2)19-9-6-4-3-5-8(9)10(16)15-20(17,18)11(12,13)14/h3-6H,1H2,2H3,(H,15,16).